The molecule has 1 aromatic rings. The Labute approximate surface area is 90.9 Å². The van der Waals surface area contributed by atoms with Crippen molar-refractivity contribution in [2.24, 2.45) is 0 Å². The summed E-state index contributed by atoms with van der Waals surface area (Å²) in [5.41, 5.74) is 1.39. The summed E-state index contributed by atoms with van der Waals surface area (Å²) in [5.74, 6) is 0. The summed E-state index contributed by atoms with van der Waals surface area (Å²) in [6.45, 7) is 7.60. The van der Waals surface area contributed by atoms with Gasteiger partial charge in [0.25, 0.3) is 0 Å². The number of hydrogen-bond acceptors (Lipinski definition) is 2. The third-order valence-corrected chi connectivity index (χ3v) is 3.06. The quantitative estimate of drug-likeness (QED) is 0.731. The zero-order chi connectivity index (χ0) is 10.4. The fraction of sp³-hybridized carbons (Fsp3) is 0.500. The summed E-state index contributed by atoms with van der Waals surface area (Å²) in [6.07, 6.45) is 3.42. The number of rotatable bonds is 5. The van der Waals surface area contributed by atoms with Gasteiger partial charge in [0.2, 0.25) is 0 Å². The van der Waals surface area contributed by atoms with E-state index in [0.29, 0.717) is 6.04 Å². The van der Waals surface area contributed by atoms with Crippen LogP contribution in [0, 0.1) is 0 Å². The molecule has 0 saturated carbocycles. The lowest BCUT2D eigenvalue weighted by atomic mass is 10.2. The third kappa shape index (κ3) is 4.07. The van der Waals surface area contributed by atoms with Crippen LogP contribution in [0.5, 0.6) is 0 Å². The van der Waals surface area contributed by atoms with E-state index < -0.39 is 0 Å². The Kier molecular flexibility index (Phi) is 4.91. The van der Waals surface area contributed by atoms with Crippen molar-refractivity contribution in [1.82, 2.24) is 5.32 Å². The van der Waals surface area contributed by atoms with Gasteiger partial charge in [0.1, 0.15) is 0 Å². The van der Waals surface area contributed by atoms with Gasteiger partial charge in [0, 0.05) is 10.9 Å². The van der Waals surface area contributed by atoms with Gasteiger partial charge in [-0.05, 0) is 36.9 Å². The number of hydrogen-bond donors (Lipinski definition) is 1. The minimum absolute atomic E-state index is 0.588. The largest absolute Gasteiger partial charge is 0.314 e. The van der Waals surface area contributed by atoms with Crippen LogP contribution in [0.2, 0.25) is 0 Å². The number of allylic oxidation sites excluding steroid dienone is 1. The predicted octanol–water partition coefficient (Wildman–Crippen LogP) is 3.54. The molecule has 1 heterocycles. The van der Waals surface area contributed by atoms with Crippen LogP contribution in [0.15, 0.2) is 23.6 Å². The fourth-order valence-electron chi connectivity index (χ4n) is 1.26. The molecule has 0 fully saturated rings. The van der Waals surface area contributed by atoms with Crippen LogP contribution in [-0.2, 0) is 0 Å². The van der Waals surface area contributed by atoms with E-state index in [9.17, 15) is 0 Å². The summed E-state index contributed by atoms with van der Waals surface area (Å²) in [6, 6.07) is 4.86. The van der Waals surface area contributed by atoms with Gasteiger partial charge in [-0.3, -0.25) is 0 Å². The van der Waals surface area contributed by atoms with Gasteiger partial charge in [0.15, 0.2) is 0 Å². The van der Waals surface area contributed by atoms with Crippen molar-refractivity contribution < 1.29 is 0 Å². The molecule has 0 aliphatic heterocycles. The standard InChI is InChI=1S/C12H19NS/c1-10(2)13-8-4-6-11(3)12-7-5-9-14-12/h5-7,9-10,13H,4,8H2,1-3H3. The van der Waals surface area contributed by atoms with Gasteiger partial charge in [-0.15, -0.1) is 11.3 Å². The summed E-state index contributed by atoms with van der Waals surface area (Å²) in [7, 11) is 0. The van der Waals surface area contributed by atoms with E-state index in [4.69, 9.17) is 0 Å². The van der Waals surface area contributed by atoms with Gasteiger partial charge < -0.3 is 5.32 Å². The highest BCUT2D eigenvalue weighted by Crippen LogP contribution is 2.19. The molecule has 0 aliphatic rings. The first-order chi connectivity index (χ1) is 6.70. The van der Waals surface area contributed by atoms with Crippen molar-refractivity contribution in [2.75, 3.05) is 6.54 Å². The second-order valence-corrected chi connectivity index (χ2v) is 4.71. The van der Waals surface area contributed by atoms with Crippen LogP contribution in [-0.4, -0.2) is 12.6 Å². The molecule has 0 radical (unpaired) electrons. The maximum absolute atomic E-state index is 3.40. The summed E-state index contributed by atoms with van der Waals surface area (Å²) in [4.78, 5) is 1.38. The molecule has 1 N–H and O–H groups in total. The molecule has 1 aromatic heterocycles. The normalized spacial score (nSPS) is 12.4. The minimum atomic E-state index is 0.588. The zero-order valence-corrected chi connectivity index (χ0v) is 10.0. The Morgan fingerprint density at radius 2 is 2.36 bits per heavy atom. The van der Waals surface area contributed by atoms with E-state index in [1.54, 1.807) is 11.3 Å². The lowest BCUT2D eigenvalue weighted by molar-refractivity contribution is 0.595. The molecule has 1 nitrogen and oxygen atoms in total. The number of thiophene rings is 1. The smallest absolute Gasteiger partial charge is 0.0296 e. The maximum atomic E-state index is 3.40. The second kappa shape index (κ2) is 5.99. The molecule has 0 aromatic carbocycles. The molecule has 0 bridgehead atoms. The van der Waals surface area contributed by atoms with Crippen LogP contribution in [0.25, 0.3) is 5.57 Å². The molecule has 14 heavy (non-hydrogen) atoms. The summed E-state index contributed by atoms with van der Waals surface area (Å²) >= 11 is 1.81. The first-order valence-corrected chi connectivity index (χ1v) is 6.02. The first-order valence-electron chi connectivity index (χ1n) is 5.14. The van der Waals surface area contributed by atoms with Crippen LogP contribution in [0.3, 0.4) is 0 Å². The van der Waals surface area contributed by atoms with E-state index in [1.165, 1.54) is 10.5 Å². The van der Waals surface area contributed by atoms with Crippen molar-refractivity contribution in [2.45, 2.75) is 33.2 Å². The Balaban J connectivity index is 2.31. The highest BCUT2D eigenvalue weighted by atomic mass is 32.1. The van der Waals surface area contributed by atoms with E-state index in [-0.39, 0.29) is 0 Å². The average molecular weight is 209 g/mol. The van der Waals surface area contributed by atoms with E-state index >= 15 is 0 Å². The van der Waals surface area contributed by atoms with Crippen LogP contribution in [0.1, 0.15) is 32.1 Å². The van der Waals surface area contributed by atoms with Crippen molar-refractivity contribution in [1.29, 1.82) is 0 Å². The number of nitrogens with one attached hydrogen (secondary N) is 1. The van der Waals surface area contributed by atoms with Gasteiger partial charge >= 0.3 is 0 Å². The Bertz CT molecular complexity index is 273. The van der Waals surface area contributed by atoms with Crippen LogP contribution in [0.4, 0.5) is 0 Å². The van der Waals surface area contributed by atoms with Gasteiger partial charge in [0.05, 0.1) is 0 Å². The minimum Gasteiger partial charge on any atom is -0.314 e. The summed E-state index contributed by atoms with van der Waals surface area (Å²) in [5, 5.41) is 5.53. The molecule has 0 amide bonds. The van der Waals surface area contributed by atoms with Gasteiger partial charge in [-0.2, -0.15) is 0 Å². The van der Waals surface area contributed by atoms with Gasteiger partial charge in [-0.1, -0.05) is 26.0 Å². The lowest BCUT2D eigenvalue weighted by Gasteiger charge is -2.05. The molecule has 0 atom stereocenters. The van der Waals surface area contributed by atoms with E-state index in [0.717, 1.165) is 13.0 Å². The zero-order valence-electron chi connectivity index (χ0n) is 9.21. The molecule has 0 unspecified atom stereocenters. The van der Waals surface area contributed by atoms with Crippen molar-refractivity contribution in [3.05, 3.63) is 28.5 Å². The Hall–Kier alpha value is -0.600. The van der Waals surface area contributed by atoms with Gasteiger partial charge in [-0.25, -0.2) is 0 Å². The lowest BCUT2D eigenvalue weighted by Crippen LogP contribution is -2.23. The SMILES string of the molecule is CC(=CCCNC(C)C)c1cccs1. The van der Waals surface area contributed by atoms with E-state index in [2.05, 4.69) is 49.7 Å². The molecular formula is C12H19NS. The molecule has 0 aliphatic carbocycles. The maximum Gasteiger partial charge on any atom is 0.0296 e. The highest BCUT2D eigenvalue weighted by Gasteiger charge is 1.95. The molecule has 0 saturated heterocycles. The van der Waals surface area contributed by atoms with Crippen molar-refractivity contribution >= 4 is 16.9 Å². The third-order valence-electron chi connectivity index (χ3n) is 2.06. The molecule has 2 heteroatoms. The fourth-order valence-corrected chi connectivity index (χ4v) is 1.99. The topological polar surface area (TPSA) is 12.0 Å². The van der Waals surface area contributed by atoms with Crippen molar-refractivity contribution in [3.8, 4) is 0 Å². The average Bonchev–Trinajstić information content (AvgIpc) is 2.64. The highest BCUT2D eigenvalue weighted by molar-refractivity contribution is 7.11. The molecule has 1 rings (SSSR count). The Morgan fingerprint density at radius 1 is 1.57 bits per heavy atom. The predicted molar refractivity (Wildman–Crippen MR) is 65.7 cm³/mol. The molecule has 78 valence electrons. The molecular weight excluding hydrogens is 190 g/mol. The second-order valence-electron chi connectivity index (χ2n) is 3.76. The van der Waals surface area contributed by atoms with E-state index in [1.807, 2.05) is 0 Å². The van der Waals surface area contributed by atoms with Crippen LogP contribution >= 0.6 is 11.3 Å². The summed E-state index contributed by atoms with van der Waals surface area (Å²) < 4.78 is 0. The monoisotopic (exact) mass is 209 g/mol. The molecule has 0 spiro atoms. The van der Waals surface area contributed by atoms with Crippen LogP contribution < -0.4 is 5.32 Å². The van der Waals surface area contributed by atoms with Crippen molar-refractivity contribution in [3.63, 3.8) is 0 Å². The Morgan fingerprint density at radius 3 is 2.93 bits per heavy atom. The first kappa shape index (κ1) is 11.5.